The number of carbonyl (C=O) groups is 1. The molecule has 0 unspecified atom stereocenters. The van der Waals surface area contributed by atoms with Gasteiger partial charge in [0.1, 0.15) is 5.54 Å². The Labute approximate surface area is 83.8 Å². The minimum absolute atomic E-state index is 0.103. The molecule has 2 fully saturated rings. The molecule has 0 aromatic rings. The van der Waals surface area contributed by atoms with Crippen molar-refractivity contribution in [3.63, 3.8) is 0 Å². The molecule has 1 aliphatic carbocycles. The molecule has 4 nitrogen and oxygen atoms in total. The third kappa shape index (κ3) is 1.53. The largest absolute Gasteiger partial charge is 0.468 e. The second-order valence-corrected chi connectivity index (χ2v) is 4.24. The van der Waals surface area contributed by atoms with Gasteiger partial charge >= 0.3 is 5.97 Å². The quantitative estimate of drug-likeness (QED) is 0.643. The molecular formula is C10H17NO3. The van der Waals surface area contributed by atoms with Gasteiger partial charge in [0, 0.05) is 13.1 Å². The molecular weight excluding hydrogens is 182 g/mol. The molecule has 0 amide bonds. The summed E-state index contributed by atoms with van der Waals surface area (Å²) in [5.41, 5.74) is -0.325. The second-order valence-electron chi connectivity index (χ2n) is 4.24. The van der Waals surface area contributed by atoms with Crippen LogP contribution in [0.1, 0.15) is 25.7 Å². The first-order valence-corrected chi connectivity index (χ1v) is 5.20. The zero-order valence-electron chi connectivity index (χ0n) is 8.53. The molecule has 4 heteroatoms. The lowest BCUT2D eigenvalue weighted by Gasteiger charge is -2.34. The molecule has 2 rings (SSSR count). The van der Waals surface area contributed by atoms with Gasteiger partial charge in [0.2, 0.25) is 0 Å². The van der Waals surface area contributed by atoms with E-state index in [1.54, 1.807) is 0 Å². The van der Waals surface area contributed by atoms with Crippen LogP contribution in [0.15, 0.2) is 0 Å². The number of methoxy groups -OCH3 is 1. The number of esters is 1. The summed E-state index contributed by atoms with van der Waals surface area (Å²) in [5, 5.41) is 9.37. The van der Waals surface area contributed by atoms with Gasteiger partial charge in [-0.15, -0.1) is 0 Å². The van der Waals surface area contributed by atoms with Crippen molar-refractivity contribution in [2.75, 3.05) is 20.2 Å². The second kappa shape index (κ2) is 3.51. The first-order valence-electron chi connectivity index (χ1n) is 5.20. The van der Waals surface area contributed by atoms with Crippen LogP contribution in [0.3, 0.4) is 0 Å². The zero-order chi connectivity index (χ0) is 10.2. The molecule has 0 atom stereocenters. The van der Waals surface area contributed by atoms with Crippen LogP contribution in [0, 0.1) is 0 Å². The Hall–Kier alpha value is -0.610. The van der Waals surface area contributed by atoms with E-state index in [9.17, 15) is 9.90 Å². The van der Waals surface area contributed by atoms with Crippen molar-refractivity contribution < 1.29 is 14.6 Å². The highest BCUT2D eigenvalue weighted by Crippen LogP contribution is 2.43. The molecule has 0 spiro atoms. The number of aliphatic hydroxyl groups is 1. The minimum Gasteiger partial charge on any atom is -0.468 e. The summed E-state index contributed by atoms with van der Waals surface area (Å²) in [4.78, 5) is 13.7. The van der Waals surface area contributed by atoms with Crippen molar-refractivity contribution in [2.45, 2.75) is 37.3 Å². The smallest absolute Gasteiger partial charge is 0.326 e. The number of nitrogens with zero attached hydrogens (tertiary/aromatic N) is 1. The van der Waals surface area contributed by atoms with Crippen LogP contribution >= 0.6 is 0 Å². The summed E-state index contributed by atoms with van der Waals surface area (Å²) in [6.45, 7) is 1.63. The van der Waals surface area contributed by atoms with Crippen molar-refractivity contribution >= 4 is 5.97 Å². The lowest BCUT2D eigenvalue weighted by Crippen LogP contribution is -2.49. The fraction of sp³-hybridized carbons (Fsp3) is 0.900. The Morgan fingerprint density at radius 2 is 2.00 bits per heavy atom. The van der Waals surface area contributed by atoms with E-state index >= 15 is 0 Å². The Morgan fingerprint density at radius 3 is 2.43 bits per heavy atom. The summed E-state index contributed by atoms with van der Waals surface area (Å²) in [5.74, 6) is -0.103. The minimum atomic E-state index is -0.325. The maximum atomic E-state index is 11.6. The van der Waals surface area contributed by atoms with Gasteiger partial charge in [0.05, 0.1) is 13.2 Å². The Morgan fingerprint density at radius 1 is 1.43 bits per heavy atom. The van der Waals surface area contributed by atoms with Gasteiger partial charge in [-0.3, -0.25) is 9.69 Å². The highest BCUT2D eigenvalue weighted by atomic mass is 16.5. The molecule has 0 bridgehead atoms. The van der Waals surface area contributed by atoms with Crippen LogP contribution in [0.4, 0.5) is 0 Å². The number of rotatable bonds is 2. The molecule has 2 aliphatic rings. The molecule has 0 radical (unpaired) electrons. The number of ether oxygens (including phenoxy) is 1. The average molecular weight is 199 g/mol. The van der Waals surface area contributed by atoms with E-state index in [-0.39, 0.29) is 17.6 Å². The van der Waals surface area contributed by atoms with E-state index < -0.39 is 0 Å². The van der Waals surface area contributed by atoms with Crippen LogP contribution in [-0.2, 0) is 9.53 Å². The van der Waals surface area contributed by atoms with Crippen LogP contribution in [0.25, 0.3) is 0 Å². The van der Waals surface area contributed by atoms with E-state index in [4.69, 9.17) is 4.74 Å². The molecule has 80 valence electrons. The maximum absolute atomic E-state index is 11.6. The maximum Gasteiger partial charge on any atom is 0.326 e. The van der Waals surface area contributed by atoms with E-state index in [2.05, 4.69) is 4.90 Å². The van der Waals surface area contributed by atoms with Crippen molar-refractivity contribution in [1.29, 1.82) is 0 Å². The third-order valence-electron chi connectivity index (χ3n) is 3.36. The Kier molecular flexibility index (Phi) is 2.49. The highest BCUT2D eigenvalue weighted by Gasteiger charge is 2.55. The molecule has 1 N–H and O–H groups in total. The van der Waals surface area contributed by atoms with Gasteiger partial charge in [-0.1, -0.05) is 0 Å². The molecule has 14 heavy (non-hydrogen) atoms. The monoisotopic (exact) mass is 199 g/mol. The van der Waals surface area contributed by atoms with Crippen LogP contribution < -0.4 is 0 Å². The van der Waals surface area contributed by atoms with Gasteiger partial charge < -0.3 is 9.84 Å². The molecule has 1 heterocycles. The number of carbonyl (C=O) groups excluding carboxylic acids is 1. The standard InChI is InChI=1S/C10H17NO3/c1-14-9(13)10(4-5-10)11-6-2-8(12)3-7-11/h8,12H,2-7H2,1H3. The predicted octanol–water partition coefficient (Wildman–Crippen LogP) is 0.149. The molecule has 1 aliphatic heterocycles. The summed E-state index contributed by atoms with van der Waals surface area (Å²) in [7, 11) is 1.45. The van der Waals surface area contributed by atoms with E-state index in [0.717, 1.165) is 38.8 Å². The number of likely N-dealkylation sites (tertiary alicyclic amines) is 1. The summed E-state index contributed by atoms with van der Waals surface area (Å²) >= 11 is 0. The highest BCUT2D eigenvalue weighted by molar-refractivity contribution is 5.84. The van der Waals surface area contributed by atoms with Gasteiger partial charge in [-0.2, -0.15) is 0 Å². The average Bonchev–Trinajstić information content (AvgIpc) is 2.99. The van der Waals surface area contributed by atoms with E-state index in [0.29, 0.717) is 0 Å². The lowest BCUT2D eigenvalue weighted by molar-refractivity contribution is -0.150. The zero-order valence-corrected chi connectivity index (χ0v) is 8.53. The molecule has 0 aromatic carbocycles. The molecule has 1 saturated carbocycles. The van der Waals surface area contributed by atoms with Gasteiger partial charge in [0.15, 0.2) is 0 Å². The molecule has 1 saturated heterocycles. The summed E-state index contributed by atoms with van der Waals surface area (Å²) < 4.78 is 4.81. The summed E-state index contributed by atoms with van der Waals surface area (Å²) in [6, 6.07) is 0. The Balaban J connectivity index is 1.98. The van der Waals surface area contributed by atoms with Crippen LogP contribution in [-0.4, -0.2) is 47.8 Å². The normalized spacial score (nSPS) is 27.3. The van der Waals surface area contributed by atoms with Gasteiger partial charge in [0.25, 0.3) is 0 Å². The Bertz CT molecular complexity index is 230. The fourth-order valence-electron chi connectivity index (χ4n) is 2.25. The number of hydrogen-bond acceptors (Lipinski definition) is 4. The summed E-state index contributed by atoms with van der Waals surface area (Å²) in [6.07, 6.45) is 3.20. The molecule has 0 aromatic heterocycles. The first kappa shape index (κ1) is 9.93. The number of hydrogen-bond donors (Lipinski definition) is 1. The first-order chi connectivity index (χ1) is 6.69. The third-order valence-corrected chi connectivity index (χ3v) is 3.36. The number of aliphatic hydroxyl groups excluding tert-OH is 1. The van der Waals surface area contributed by atoms with Crippen molar-refractivity contribution in [3.05, 3.63) is 0 Å². The van der Waals surface area contributed by atoms with Gasteiger partial charge in [-0.05, 0) is 25.7 Å². The van der Waals surface area contributed by atoms with Crippen molar-refractivity contribution in [1.82, 2.24) is 4.90 Å². The van der Waals surface area contributed by atoms with Crippen LogP contribution in [0.2, 0.25) is 0 Å². The number of piperidine rings is 1. The lowest BCUT2D eigenvalue weighted by atomic mass is 10.0. The van der Waals surface area contributed by atoms with Crippen molar-refractivity contribution in [3.8, 4) is 0 Å². The SMILES string of the molecule is COC(=O)C1(N2CCC(O)CC2)CC1. The van der Waals surface area contributed by atoms with Crippen molar-refractivity contribution in [2.24, 2.45) is 0 Å². The fourth-order valence-corrected chi connectivity index (χ4v) is 2.25. The van der Waals surface area contributed by atoms with Gasteiger partial charge in [-0.25, -0.2) is 0 Å². The van der Waals surface area contributed by atoms with E-state index in [1.807, 2.05) is 0 Å². The van der Waals surface area contributed by atoms with Crippen LogP contribution in [0.5, 0.6) is 0 Å². The van der Waals surface area contributed by atoms with E-state index in [1.165, 1.54) is 7.11 Å². The predicted molar refractivity (Wildman–Crippen MR) is 50.8 cm³/mol. The topological polar surface area (TPSA) is 49.8 Å².